The summed E-state index contributed by atoms with van der Waals surface area (Å²) < 4.78 is 4.79. The molecule has 0 bridgehead atoms. The Balaban J connectivity index is 1.29. The van der Waals surface area contributed by atoms with E-state index in [9.17, 15) is 0 Å². The molecule has 0 aliphatic heterocycles. The zero-order valence-corrected chi connectivity index (χ0v) is 27.0. The molecule has 0 fully saturated rings. The molecule has 0 amide bonds. The Kier molecular flexibility index (Phi) is 6.42. The summed E-state index contributed by atoms with van der Waals surface area (Å²) in [6, 6.07) is 61.3. The van der Waals surface area contributed by atoms with Gasteiger partial charge in [-0.05, 0) is 42.5 Å². The number of hydrogen-bond acceptors (Lipinski definition) is 3. The lowest BCUT2D eigenvalue weighted by atomic mass is 10.1. The van der Waals surface area contributed by atoms with Gasteiger partial charge in [0, 0.05) is 43.9 Å². The Morgan fingerprint density at radius 1 is 0.340 bits per heavy atom. The van der Waals surface area contributed by atoms with Crippen LogP contribution >= 0.6 is 0 Å². The van der Waals surface area contributed by atoms with E-state index in [1.54, 1.807) is 0 Å². The van der Waals surface area contributed by atoms with Crippen molar-refractivity contribution < 1.29 is 0 Å². The van der Waals surface area contributed by atoms with Crippen LogP contribution in [0.15, 0.2) is 176 Å². The van der Waals surface area contributed by atoms with Gasteiger partial charge in [-0.3, -0.25) is 0 Å². The van der Waals surface area contributed by atoms with Gasteiger partial charge in [0.1, 0.15) is 0 Å². The molecule has 7 aromatic carbocycles. The zero-order valence-electron chi connectivity index (χ0n) is 27.0. The van der Waals surface area contributed by atoms with E-state index in [1.165, 1.54) is 32.6 Å². The SMILES string of the molecule is c1ccc(-c2nc(-c3ccccc3)nc(-c3ccccc3-n3c4ccccc4c4c3ccc3c5ccccc5n(-c5ccccc5)c34)n2)cc1. The van der Waals surface area contributed by atoms with Crippen molar-refractivity contribution >= 4 is 43.6 Å². The summed E-state index contributed by atoms with van der Waals surface area (Å²) in [5.41, 5.74) is 9.57. The van der Waals surface area contributed by atoms with E-state index in [2.05, 4.69) is 124 Å². The third-order valence-corrected chi connectivity index (χ3v) is 9.57. The van der Waals surface area contributed by atoms with Crippen LogP contribution in [0.3, 0.4) is 0 Å². The smallest absolute Gasteiger partial charge is 0.166 e. The van der Waals surface area contributed by atoms with Crippen molar-refractivity contribution in [2.75, 3.05) is 0 Å². The Hall–Kier alpha value is -6.85. The third-order valence-electron chi connectivity index (χ3n) is 9.57. The summed E-state index contributed by atoms with van der Waals surface area (Å²) in [7, 11) is 0. The van der Waals surface area contributed by atoms with E-state index >= 15 is 0 Å². The number of hydrogen-bond donors (Lipinski definition) is 0. The summed E-state index contributed by atoms with van der Waals surface area (Å²) >= 11 is 0. The lowest BCUT2D eigenvalue weighted by Crippen LogP contribution is -2.03. The molecular weight excluding hydrogens is 611 g/mol. The first-order chi connectivity index (χ1) is 24.8. The predicted molar refractivity (Wildman–Crippen MR) is 205 cm³/mol. The standard InChI is InChI=1S/C45H29N5/c1-4-16-30(17-5-1)43-46-44(31-18-6-2-7-19-31)48-45(47-43)36-24-12-15-27-39(36)50-38-26-14-11-23-35(38)41-40(50)29-28-34-33-22-10-13-25-37(33)49(42(34)41)32-20-8-3-9-21-32/h1-29H. The van der Waals surface area contributed by atoms with Gasteiger partial charge in [-0.2, -0.15) is 0 Å². The fourth-order valence-corrected chi connectivity index (χ4v) is 7.40. The van der Waals surface area contributed by atoms with Gasteiger partial charge in [0.2, 0.25) is 0 Å². The molecule has 3 aromatic heterocycles. The Labute approximate surface area is 288 Å². The Morgan fingerprint density at radius 3 is 1.54 bits per heavy atom. The Morgan fingerprint density at radius 2 is 0.860 bits per heavy atom. The maximum absolute atomic E-state index is 5.12. The summed E-state index contributed by atoms with van der Waals surface area (Å²) in [6.45, 7) is 0. The summed E-state index contributed by atoms with van der Waals surface area (Å²) in [4.78, 5) is 15.2. The summed E-state index contributed by atoms with van der Waals surface area (Å²) in [5, 5.41) is 4.86. The molecule has 5 nitrogen and oxygen atoms in total. The number of fused-ring (bicyclic) bond motifs is 7. The van der Waals surface area contributed by atoms with Crippen molar-refractivity contribution in [3.63, 3.8) is 0 Å². The second kappa shape index (κ2) is 11.4. The van der Waals surface area contributed by atoms with E-state index in [0.29, 0.717) is 17.5 Å². The largest absolute Gasteiger partial charge is 0.309 e. The van der Waals surface area contributed by atoms with Crippen LogP contribution in [0.1, 0.15) is 0 Å². The van der Waals surface area contributed by atoms with Crippen molar-refractivity contribution in [1.29, 1.82) is 0 Å². The van der Waals surface area contributed by atoms with Gasteiger partial charge in [-0.1, -0.05) is 133 Å². The van der Waals surface area contributed by atoms with Crippen molar-refractivity contribution in [3.8, 4) is 45.5 Å². The first kappa shape index (κ1) is 28.2. The van der Waals surface area contributed by atoms with Gasteiger partial charge < -0.3 is 9.13 Å². The van der Waals surface area contributed by atoms with E-state index < -0.39 is 0 Å². The van der Waals surface area contributed by atoms with E-state index in [-0.39, 0.29) is 0 Å². The highest BCUT2D eigenvalue weighted by molar-refractivity contribution is 6.26. The van der Waals surface area contributed by atoms with E-state index in [4.69, 9.17) is 15.0 Å². The maximum atomic E-state index is 5.12. The van der Waals surface area contributed by atoms with Gasteiger partial charge in [-0.25, -0.2) is 15.0 Å². The molecule has 10 aromatic rings. The number of rotatable bonds is 5. The first-order valence-corrected chi connectivity index (χ1v) is 16.8. The quantitative estimate of drug-likeness (QED) is 0.188. The minimum Gasteiger partial charge on any atom is -0.309 e. The fraction of sp³-hybridized carbons (Fsp3) is 0. The molecule has 0 unspecified atom stereocenters. The minimum atomic E-state index is 0.624. The predicted octanol–water partition coefficient (Wildman–Crippen LogP) is 11.1. The molecule has 0 radical (unpaired) electrons. The van der Waals surface area contributed by atoms with Crippen LogP contribution in [-0.2, 0) is 0 Å². The normalized spacial score (nSPS) is 11.6. The second-order valence-electron chi connectivity index (χ2n) is 12.5. The van der Waals surface area contributed by atoms with Crippen LogP contribution in [0.4, 0.5) is 0 Å². The molecule has 0 saturated carbocycles. The molecule has 0 N–H and O–H groups in total. The molecule has 0 spiro atoms. The molecule has 0 atom stereocenters. The van der Waals surface area contributed by atoms with Gasteiger partial charge in [0.05, 0.1) is 27.8 Å². The molecule has 10 rings (SSSR count). The molecule has 234 valence electrons. The van der Waals surface area contributed by atoms with Crippen LogP contribution in [-0.4, -0.2) is 24.1 Å². The van der Waals surface area contributed by atoms with Gasteiger partial charge >= 0.3 is 0 Å². The van der Waals surface area contributed by atoms with Crippen LogP contribution in [0.25, 0.3) is 89.2 Å². The van der Waals surface area contributed by atoms with Crippen molar-refractivity contribution in [3.05, 3.63) is 176 Å². The lowest BCUT2D eigenvalue weighted by molar-refractivity contribution is 1.06. The number of benzene rings is 7. The van der Waals surface area contributed by atoms with Crippen molar-refractivity contribution in [2.45, 2.75) is 0 Å². The molecule has 0 aliphatic rings. The molecule has 5 heteroatoms. The Bertz CT molecular complexity index is 2800. The minimum absolute atomic E-state index is 0.624. The lowest BCUT2D eigenvalue weighted by Gasteiger charge is -2.14. The second-order valence-corrected chi connectivity index (χ2v) is 12.5. The molecule has 0 saturated heterocycles. The molecular formula is C45H29N5. The summed E-state index contributed by atoms with van der Waals surface area (Å²) in [5.74, 6) is 1.90. The monoisotopic (exact) mass is 639 g/mol. The van der Waals surface area contributed by atoms with Crippen LogP contribution in [0, 0.1) is 0 Å². The highest BCUT2D eigenvalue weighted by Gasteiger charge is 2.23. The van der Waals surface area contributed by atoms with E-state index in [1.807, 2.05) is 60.7 Å². The maximum Gasteiger partial charge on any atom is 0.166 e. The topological polar surface area (TPSA) is 48.5 Å². The third kappa shape index (κ3) is 4.37. The average Bonchev–Trinajstić information content (AvgIpc) is 3.72. The van der Waals surface area contributed by atoms with Crippen LogP contribution < -0.4 is 0 Å². The first-order valence-electron chi connectivity index (χ1n) is 16.8. The van der Waals surface area contributed by atoms with Gasteiger partial charge in [0.15, 0.2) is 17.5 Å². The number of aromatic nitrogens is 5. The van der Waals surface area contributed by atoms with Crippen LogP contribution in [0.2, 0.25) is 0 Å². The zero-order chi connectivity index (χ0) is 33.0. The van der Waals surface area contributed by atoms with Crippen LogP contribution in [0.5, 0.6) is 0 Å². The average molecular weight is 640 g/mol. The van der Waals surface area contributed by atoms with Gasteiger partial charge in [0.25, 0.3) is 0 Å². The molecule has 50 heavy (non-hydrogen) atoms. The van der Waals surface area contributed by atoms with Gasteiger partial charge in [-0.15, -0.1) is 0 Å². The highest BCUT2D eigenvalue weighted by Crippen LogP contribution is 2.43. The fourth-order valence-electron chi connectivity index (χ4n) is 7.40. The van der Waals surface area contributed by atoms with E-state index in [0.717, 1.165) is 39.1 Å². The van der Waals surface area contributed by atoms with Crippen molar-refractivity contribution in [2.24, 2.45) is 0 Å². The number of nitrogens with zero attached hydrogens (tertiary/aromatic N) is 5. The summed E-state index contributed by atoms with van der Waals surface area (Å²) in [6.07, 6.45) is 0. The molecule has 0 aliphatic carbocycles. The molecule has 3 heterocycles. The number of para-hydroxylation sites is 4. The highest BCUT2D eigenvalue weighted by atomic mass is 15.1. The van der Waals surface area contributed by atoms with Crippen molar-refractivity contribution in [1.82, 2.24) is 24.1 Å².